The summed E-state index contributed by atoms with van der Waals surface area (Å²) in [6.45, 7) is 1.75. The molecule has 3 aliphatic heterocycles. The molecular formula is C18H17Cl2N3O7S. The first-order valence-electron chi connectivity index (χ1n) is 9.17. The quantitative estimate of drug-likeness (QED) is 0.361. The van der Waals surface area contributed by atoms with Gasteiger partial charge >= 0.3 is 5.97 Å². The minimum Gasteiger partial charge on any atom is -0.503 e. The molecule has 1 unspecified atom stereocenters. The molecule has 2 saturated heterocycles. The van der Waals surface area contributed by atoms with E-state index in [-0.39, 0.29) is 39.9 Å². The van der Waals surface area contributed by atoms with Crippen LogP contribution in [0, 0.1) is 0 Å². The van der Waals surface area contributed by atoms with Crippen molar-refractivity contribution in [1.29, 1.82) is 0 Å². The number of fused-ring (bicyclic) bond motifs is 1. The van der Waals surface area contributed by atoms with E-state index in [1.807, 2.05) is 0 Å². The van der Waals surface area contributed by atoms with Crippen LogP contribution in [0.1, 0.15) is 30.1 Å². The Morgan fingerprint density at radius 2 is 2.06 bits per heavy atom. The number of aromatic hydroxyl groups is 2. The minimum absolute atomic E-state index is 0.0198. The van der Waals surface area contributed by atoms with Gasteiger partial charge in [0, 0.05) is 6.42 Å². The number of carboxylic acids is 1. The third kappa shape index (κ3) is 3.44. The number of thioether (sulfide) groups is 1. The first kappa shape index (κ1) is 21.8. The maximum absolute atomic E-state index is 12.4. The Morgan fingerprint density at radius 3 is 2.71 bits per heavy atom. The summed E-state index contributed by atoms with van der Waals surface area (Å²) in [5, 5.41) is 34.9. The topological polar surface area (TPSA) is 149 Å². The summed E-state index contributed by atoms with van der Waals surface area (Å²) >= 11 is 13.1. The van der Waals surface area contributed by atoms with Crippen LogP contribution in [-0.2, 0) is 14.4 Å². The molecular weight excluding hydrogens is 473 g/mol. The Morgan fingerprint density at radius 1 is 1.35 bits per heavy atom. The highest BCUT2D eigenvalue weighted by Crippen LogP contribution is 2.52. The molecule has 13 heteroatoms. The minimum atomic E-state index is -1.11. The molecule has 4 N–H and O–H groups in total. The van der Waals surface area contributed by atoms with Gasteiger partial charge in [-0.1, -0.05) is 28.4 Å². The van der Waals surface area contributed by atoms with Gasteiger partial charge in [-0.15, -0.1) is 11.8 Å². The molecule has 0 spiro atoms. The molecule has 3 aliphatic rings. The molecule has 0 aliphatic carbocycles. The van der Waals surface area contributed by atoms with Gasteiger partial charge in [0.2, 0.25) is 5.91 Å². The number of halogens is 2. The molecule has 0 saturated carbocycles. The largest absolute Gasteiger partial charge is 0.503 e. The first-order valence-corrected chi connectivity index (χ1v) is 10.8. The van der Waals surface area contributed by atoms with E-state index < -0.39 is 40.3 Å². The van der Waals surface area contributed by atoms with E-state index in [2.05, 4.69) is 10.5 Å². The highest BCUT2D eigenvalue weighted by molar-refractivity contribution is 8.02. The van der Waals surface area contributed by atoms with Crippen molar-refractivity contribution in [3.05, 3.63) is 21.7 Å². The number of phenols is 2. The number of nitrogens with one attached hydrogen (secondary N) is 1. The number of amides is 2. The maximum Gasteiger partial charge on any atom is 0.328 e. The van der Waals surface area contributed by atoms with E-state index >= 15 is 0 Å². The molecule has 166 valence electrons. The molecule has 4 rings (SSSR count). The van der Waals surface area contributed by atoms with Gasteiger partial charge in [0.25, 0.3) is 5.91 Å². The lowest BCUT2D eigenvalue weighted by Crippen LogP contribution is -2.58. The fourth-order valence-electron chi connectivity index (χ4n) is 3.90. The van der Waals surface area contributed by atoms with Crippen molar-refractivity contribution in [2.24, 2.45) is 5.16 Å². The number of hydrogen-bond acceptors (Lipinski definition) is 8. The van der Waals surface area contributed by atoms with Crippen molar-refractivity contribution in [3.8, 4) is 11.5 Å². The maximum atomic E-state index is 12.4. The summed E-state index contributed by atoms with van der Waals surface area (Å²) in [6, 6.07) is 0.0843. The molecule has 2 amide bonds. The molecule has 0 bridgehead atoms. The summed E-state index contributed by atoms with van der Waals surface area (Å²) in [7, 11) is 0. The number of benzene rings is 1. The number of hydrogen-bond donors (Lipinski definition) is 4. The van der Waals surface area contributed by atoms with Crippen molar-refractivity contribution >= 4 is 58.5 Å². The molecule has 0 radical (unpaired) electrons. The number of nitrogens with zero attached hydrogens (tertiary/aromatic N) is 2. The summed E-state index contributed by atoms with van der Waals surface area (Å²) in [6.07, 6.45) is -0.00678. The lowest BCUT2D eigenvalue weighted by molar-refractivity contribution is -0.156. The zero-order valence-corrected chi connectivity index (χ0v) is 18.3. The zero-order valence-electron chi connectivity index (χ0n) is 16.0. The van der Waals surface area contributed by atoms with Crippen LogP contribution < -0.4 is 5.32 Å². The Balaban J connectivity index is 1.41. The van der Waals surface area contributed by atoms with Crippen molar-refractivity contribution < 1.29 is 34.5 Å². The second kappa shape index (κ2) is 7.64. The average Bonchev–Trinajstić information content (AvgIpc) is 3.28. The Kier molecular flexibility index (Phi) is 5.39. The third-order valence-electron chi connectivity index (χ3n) is 5.57. The van der Waals surface area contributed by atoms with Crippen LogP contribution in [0.15, 0.2) is 11.2 Å². The number of carboxylic acid groups (broad SMARTS) is 1. The molecule has 3 heterocycles. The lowest BCUT2D eigenvalue weighted by Gasteiger charge is -2.36. The summed E-state index contributed by atoms with van der Waals surface area (Å²) in [4.78, 5) is 42.9. The number of β-lactam (4-membered cyclic amide) rings is 1. The zero-order chi connectivity index (χ0) is 22.7. The van der Waals surface area contributed by atoms with Gasteiger partial charge in [-0.2, -0.15) is 0 Å². The van der Waals surface area contributed by atoms with E-state index in [1.54, 1.807) is 6.92 Å². The van der Waals surface area contributed by atoms with E-state index in [0.717, 1.165) is 6.07 Å². The number of rotatable bonds is 5. The van der Waals surface area contributed by atoms with Crippen LogP contribution >= 0.6 is 35.0 Å². The molecule has 10 nitrogen and oxygen atoms in total. The summed E-state index contributed by atoms with van der Waals surface area (Å²) in [5.74, 6) is -3.29. The van der Waals surface area contributed by atoms with Crippen LogP contribution in [0.4, 0.5) is 0 Å². The normalized spacial score (nSPS) is 29.1. The van der Waals surface area contributed by atoms with E-state index in [1.165, 1.54) is 16.7 Å². The molecule has 31 heavy (non-hydrogen) atoms. The highest BCUT2D eigenvalue weighted by atomic mass is 35.5. The van der Waals surface area contributed by atoms with E-state index in [9.17, 15) is 29.7 Å². The summed E-state index contributed by atoms with van der Waals surface area (Å²) < 4.78 is -0.943. The van der Waals surface area contributed by atoms with Crippen LogP contribution in [-0.4, -0.2) is 72.5 Å². The van der Waals surface area contributed by atoms with Crippen LogP contribution in [0.25, 0.3) is 0 Å². The van der Waals surface area contributed by atoms with Gasteiger partial charge in [0.05, 0.1) is 44.4 Å². The Labute approximate surface area is 190 Å². The summed E-state index contributed by atoms with van der Waals surface area (Å²) in [5.41, 5.74) is 0.364. The third-order valence-corrected chi connectivity index (χ3v) is 7.85. The van der Waals surface area contributed by atoms with Crippen molar-refractivity contribution in [2.75, 3.05) is 6.54 Å². The predicted octanol–water partition coefficient (Wildman–Crippen LogP) is 1.80. The number of carbonyl (C=O) groups excluding carboxylic acids is 2. The number of carbonyl (C=O) groups is 3. The van der Waals surface area contributed by atoms with E-state index in [4.69, 9.17) is 28.0 Å². The van der Waals surface area contributed by atoms with Gasteiger partial charge in [0.1, 0.15) is 6.10 Å². The van der Waals surface area contributed by atoms with Gasteiger partial charge in [-0.05, 0) is 13.0 Å². The standard InChI is InChI=1S/C18H17Cl2N3O7S/c1-18(15(17(28)29)23-10(24)4-11(23)31-18)9-2-6(30-22-9)5-21-16(27)7-3-8(19)13(25)14(26)12(7)20/h3,6,11,15,25-26H,2,4-5H2,1H3,(H,21,27)(H,28,29)/t6?,11-,15+,18+/m1/s1. The number of oxime groups is 1. The van der Waals surface area contributed by atoms with E-state index in [0.29, 0.717) is 12.1 Å². The second-order valence-electron chi connectivity index (χ2n) is 7.52. The molecule has 4 atom stereocenters. The molecule has 1 aromatic rings. The van der Waals surface area contributed by atoms with Gasteiger partial charge in [0.15, 0.2) is 17.5 Å². The van der Waals surface area contributed by atoms with Crippen molar-refractivity contribution in [3.63, 3.8) is 0 Å². The van der Waals surface area contributed by atoms with Crippen molar-refractivity contribution in [2.45, 2.75) is 42.0 Å². The fourth-order valence-corrected chi connectivity index (χ4v) is 6.08. The monoisotopic (exact) mass is 489 g/mol. The smallest absolute Gasteiger partial charge is 0.328 e. The SMILES string of the molecule is C[C@@]1(C2=NOC(CNC(=O)c3cc(Cl)c(O)c(O)c3Cl)C2)S[C@@H]2CC(=O)N2[C@H]1C(=O)O. The van der Waals surface area contributed by atoms with Crippen LogP contribution in [0.2, 0.25) is 10.0 Å². The Bertz CT molecular complexity index is 1040. The van der Waals surface area contributed by atoms with Crippen LogP contribution in [0.5, 0.6) is 11.5 Å². The Hall–Kier alpha value is -2.37. The lowest BCUT2D eigenvalue weighted by atomic mass is 9.89. The molecule has 2 fully saturated rings. The van der Waals surface area contributed by atoms with Crippen LogP contribution in [0.3, 0.4) is 0 Å². The predicted molar refractivity (Wildman–Crippen MR) is 112 cm³/mol. The fraction of sp³-hybridized carbons (Fsp3) is 0.444. The molecule has 1 aromatic carbocycles. The van der Waals surface area contributed by atoms with Crippen molar-refractivity contribution in [1.82, 2.24) is 10.2 Å². The van der Waals surface area contributed by atoms with Gasteiger partial charge in [-0.3, -0.25) is 9.59 Å². The van der Waals surface area contributed by atoms with Gasteiger partial charge < -0.3 is 30.4 Å². The van der Waals surface area contributed by atoms with Gasteiger partial charge in [-0.25, -0.2) is 4.79 Å². The highest BCUT2D eigenvalue weighted by Gasteiger charge is 2.63. The second-order valence-corrected chi connectivity index (χ2v) is 9.94. The average molecular weight is 490 g/mol. The number of aliphatic carboxylic acids is 1. The molecule has 0 aromatic heterocycles. The first-order chi connectivity index (χ1) is 14.5. The number of phenolic OH excluding ortho intramolecular Hbond substituents is 2.